The van der Waals surface area contributed by atoms with Crippen LogP contribution in [-0.2, 0) is 38.5 Å². The van der Waals surface area contributed by atoms with Gasteiger partial charge in [0.1, 0.15) is 22.9 Å². The summed E-state index contributed by atoms with van der Waals surface area (Å²) >= 11 is 1.43. The quantitative estimate of drug-likeness (QED) is 0.0792. The van der Waals surface area contributed by atoms with E-state index in [9.17, 15) is 24.0 Å². The van der Waals surface area contributed by atoms with Gasteiger partial charge in [0.05, 0.1) is 16.1 Å². The lowest BCUT2D eigenvalue weighted by molar-refractivity contribution is -0.134. The monoisotopic (exact) mass is 926 g/mol. The summed E-state index contributed by atoms with van der Waals surface area (Å²) in [6, 6.07) is 37.7. The van der Waals surface area contributed by atoms with E-state index < -0.39 is 17.5 Å². The Hall–Kier alpha value is -7.71. The lowest BCUT2D eigenvalue weighted by Crippen LogP contribution is -2.39. The standard InChI is InChI=1S/C54H50N6O7S/c1-32-37(13-10-17-43(32)66-44-16-7-5-11-35(44)21-27-47(61)55-36-22-19-34(20-23-36)38-25-28-48(62)58-50(38)63)39-24-26-46(57-49(39)52(65)67-54(2,3)4)60-30-29-33-12-9-14-40(41(33)31-60)51(64)59-53-56-42-15-6-8-18-45(42)68-53/h5-20,22-24,26,38H,21,25,27-31H2,1-4H3,(H,55,61)(H,56,59,64)(H,58,62,63). The van der Waals surface area contributed by atoms with Gasteiger partial charge in [0.25, 0.3) is 5.91 Å². The van der Waals surface area contributed by atoms with Crippen LogP contribution in [0.4, 0.5) is 16.6 Å². The zero-order valence-corrected chi connectivity index (χ0v) is 39.0. The first kappa shape index (κ1) is 45.4. The summed E-state index contributed by atoms with van der Waals surface area (Å²) in [5.74, 6) is -0.219. The summed E-state index contributed by atoms with van der Waals surface area (Å²) in [6.07, 6.45) is 2.01. The van der Waals surface area contributed by atoms with Crippen molar-refractivity contribution in [1.82, 2.24) is 15.3 Å². The molecule has 14 heteroatoms. The highest BCUT2D eigenvalue weighted by molar-refractivity contribution is 7.22. The van der Waals surface area contributed by atoms with Crippen LogP contribution in [0, 0.1) is 6.92 Å². The van der Waals surface area contributed by atoms with E-state index in [-0.39, 0.29) is 35.7 Å². The van der Waals surface area contributed by atoms with Crippen molar-refractivity contribution in [2.45, 2.75) is 77.9 Å². The van der Waals surface area contributed by atoms with Gasteiger partial charge >= 0.3 is 5.97 Å². The van der Waals surface area contributed by atoms with Crippen LogP contribution in [0.1, 0.15) is 94.6 Å². The molecule has 0 aliphatic carbocycles. The fourth-order valence-corrected chi connectivity index (χ4v) is 9.49. The number of hydrogen-bond donors (Lipinski definition) is 3. The van der Waals surface area contributed by atoms with Gasteiger partial charge in [-0.1, -0.05) is 78.1 Å². The highest BCUT2D eigenvalue weighted by atomic mass is 32.1. The molecule has 1 unspecified atom stereocenters. The number of thiazole rings is 1. The van der Waals surface area contributed by atoms with E-state index in [1.54, 1.807) is 24.3 Å². The predicted molar refractivity (Wildman–Crippen MR) is 263 cm³/mol. The van der Waals surface area contributed by atoms with E-state index in [4.69, 9.17) is 14.5 Å². The number of anilines is 3. The van der Waals surface area contributed by atoms with Gasteiger partial charge in [0.15, 0.2) is 10.8 Å². The van der Waals surface area contributed by atoms with Gasteiger partial charge in [-0.25, -0.2) is 14.8 Å². The summed E-state index contributed by atoms with van der Waals surface area (Å²) in [6.45, 7) is 8.42. The Bertz CT molecular complexity index is 3070. The molecule has 0 saturated carbocycles. The van der Waals surface area contributed by atoms with Crippen LogP contribution >= 0.6 is 11.3 Å². The van der Waals surface area contributed by atoms with Crippen LogP contribution in [-0.4, -0.2) is 51.7 Å². The Morgan fingerprint density at radius 2 is 1.57 bits per heavy atom. The molecule has 5 aromatic carbocycles. The maximum atomic E-state index is 14.1. The summed E-state index contributed by atoms with van der Waals surface area (Å²) in [7, 11) is 0. The van der Waals surface area contributed by atoms with Crippen LogP contribution in [0.25, 0.3) is 21.3 Å². The van der Waals surface area contributed by atoms with Gasteiger partial charge in [0, 0.05) is 42.7 Å². The van der Waals surface area contributed by atoms with Gasteiger partial charge in [-0.15, -0.1) is 0 Å². The number of hydrogen-bond acceptors (Lipinski definition) is 11. The number of imide groups is 1. The summed E-state index contributed by atoms with van der Waals surface area (Å²) < 4.78 is 13.5. The molecule has 13 nitrogen and oxygen atoms in total. The average Bonchev–Trinajstić information content (AvgIpc) is 3.73. The molecule has 2 aliphatic heterocycles. The molecule has 0 spiro atoms. The third kappa shape index (κ3) is 10.2. The largest absolute Gasteiger partial charge is 0.457 e. The number of nitrogens with zero attached hydrogens (tertiary/aromatic N) is 3. The van der Waals surface area contributed by atoms with E-state index in [0.29, 0.717) is 78.0 Å². The SMILES string of the molecule is Cc1c(Oc2ccccc2CCC(=O)Nc2ccc(C3CCC(=O)NC3=O)cc2)cccc1-c1ccc(N2CCc3cccc(C(=O)Nc4nc5ccccc5s4)c3C2)nc1C(=O)OC(C)(C)C. The third-order valence-electron chi connectivity index (χ3n) is 12.1. The minimum atomic E-state index is -0.787. The molecule has 9 rings (SSSR count). The second-order valence-corrected chi connectivity index (χ2v) is 19.0. The number of pyridine rings is 1. The topological polar surface area (TPSA) is 169 Å². The van der Waals surface area contributed by atoms with Crippen molar-refractivity contribution in [1.29, 1.82) is 0 Å². The number of aryl methyl sites for hydroxylation is 1. The highest BCUT2D eigenvalue weighted by Crippen LogP contribution is 2.38. The van der Waals surface area contributed by atoms with Crippen molar-refractivity contribution < 1.29 is 33.4 Å². The van der Waals surface area contributed by atoms with Gasteiger partial charge in [-0.2, -0.15) is 0 Å². The third-order valence-corrected chi connectivity index (χ3v) is 13.0. The number of amides is 4. The first-order valence-corrected chi connectivity index (χ1v) is 23.4. The molecule has 4 heterocycles. The maximum absolute atomic E-state index is 14.1. The Balaban J connectivity index is 0.920. The Morgan fingerprint density at radius 1 is 0.809 bits per heavy atom. The molecule has 4 amide bonds. The molecule has 0 radical (unpaired) electrons. The molecule has 2 aromatic heterocycles. The Kier molecular flexibility index (Phi) is 12.9. The van der Waals surface area contributed by atoms with E-state index in [1.807, 2.05) is 125 Å². The molecule has 0 bridgehead atoms. The summed E-state index contributed by atoms with van der Waals surface area (Å²) in [5, 5.41) is 8.88. The van der Waals surface area contributed by atoms with Crippen LogP contribution in [0.5, 0.6) is 11.5 Å². The average molecular weight is 927 g/mol. The number of piperidine rings is 1. The van der Waals surface area contributed by atoms with E-state index in [2.05, 4.69) is 25.8 Å². The number of aromatic nitrogens is 2. The fraction of sp³-hybridized carbons (Fsp3) is 0.241. The highest BCUT2D eigenvalue weighted by Gasteiger charge is 2.30. The lowest BCUT2D eigenvalue weighted by atomic mass is 9.90. The van der Waals surface area contributed by atoms with Crippen LogP contribution in [0.2, 0.25) is 0 Å². The molecule has 1 saturated heterocycles. The van der Waals surface area contributed by atoms with Gasteiger partial charge < -0.3 is 19.7 Å². The molecule has 2 aliphatic rings. The molecule has 68 heavy (non-hydrogen) atoms. The minimum Gasteiger partial charge on any atom is -0.457 e. The zero-order valence-electron chi connectivity index (χ0n) is 38.2. The van der Waals surface area contributed by atoms with Crippen molar-refractivity contribution in [2.24, 2.45) is 0 Å². The molecule has 3 N–H and O–H groups in total. The van der Waals surface area contributed by atoms with Crippen molar-refractivity contribution in [3.8, 4) is 22.6 Å². The molecular formula is C54H50N6O7S. The van der Waals surface area contributed by atoms with Crippen LogP contribution < -0.4 is 25.6 Å². The number of para-hydroxylation sites is 2. The number of esters is 1. The summed E-state index contributed by atoms with van der Waals surface area (Å²) in [4.78, 5) is 76.6. The number of benzene rings is 5. The van der Waals surface area contributed by atoms with Crippen LogP contribution in [0.3, 0.4) is 0 Å². The molecule has 1 atom stereocenters. The number of fused-ring (bicyclic) bond motifs is 2. The maximum Gasteiger partial charge on any atom is 0.358 e. The van der Waals surface area contributed by atoms with Gasteiger partial charge in [0.2, 0.25) is 17.7 Å². The fourth-order valence-electron chi connectivity index (χ4n) is 8.63. The predicted octanol–water partition coefficient (Wildman–Crippen LogP) is 10.3. The van der Waals surface area contributed by atoms with E-state index in [1.165, 1.54) is 11.3 Å². The number of ether oxygens (including phenoxy) is 2. The van der Waals surface area contributed by atoms with Crippen molar-refractivity contribution in [3.63, 3.8) is 0 Å². The number of carbonyl (C=O) groups excluding carboxylic acids is 5. The number of nitrogens with one attached hydrogen (secondary N) is 3. The van der Waals surface area contributed by atoms with Crippen molar-refractivity contribution >= 4 is 67.8 Å². The van der Waals surface area contributed by atoms with Gasteiger partial charge in [-0.3, -0.25) is 29.8 Å². The minimum absolute atomic E-state index is 0.155. The second-order valence-electron chi connectivity index (χ2n) is 17.9. The molecular weight excluding hydrogens is 877 g/mol. The normalized spacial score (nSPS) is 14.8. The Morgan fingerprint density at radius 3 is 2.37 bits per heavy atom. The zero-order chi connectivity index (χ0) is 47.5. The molecule has 344 valence electrons. The van der Waals surface area contributed by atoms with Crippen LogP contribution in [0.15, 0.2) is 121 Å². The smallest absolute Gasteiger partial charge is 0.358 e. The number of rotatable bonds is 12. The number of carbonyl (C=O) groups is 5. The first-order valence-electron chi connectivity index (χ1n) is 22.6. The summed E-state index contributed by atoms with van der Waals surface area (Å²) in [5.41, 5.74) is 7.04. The lowest BCUT2D eigenvalue weighted by Gasteiger charge is -2.31. The van der Waals surface area contributed by atoms with Crippen molar-refractivity contribution in [3.05, 3.63) is 160 Å². The molecule has 1 fully saturated rings. The van der Waals surface area contributed by atoms with Gasteiger partial charge in [-0.05, 0) is 135 Å². The Labute approximate surface area is 397 Å². The van der Waals surface area contributed by atoms with E-state index in [0.717, 1.165) is 43.6 Å². The second kappa shape index (κ2) is 19.3. The molecule has 7 aromatic rings. The van der Waals surface area contributed by atoms with E-state index >= 15 is 0 Å². The first-order chi connectivity index (χ1) is 32.8. The van der Waals surface area contributed by atoms with Crippen molar-refractivity contribution in [2.75, 3.05) is 22.1 Å².